The summed E-state index contributed by atoms with van der Waals surface area (Å²) in [6, 6.07) is 16.0. The molecule has 1 aromatic heterocycles. The molecule has 1 N–H and O–H groups in total. The highest BCUT2D eigenvalue weighted by atomic mass is 16.5. The molecular weight excluding hydrogens is 360 g/mol. The van der Waals surface area contributed by atoms with Crippen LogP contribution in [0.2, 0.25) is 0 Å². The zero-order chi connectivity index (χ0) is 19.5. The lowest BCUT2D eigenvalue weighted by molar-refractivity contribution is -0.117. The Morgan fingerprint density at radius 2 is 1.89 bits per heavy atom. The van der Waals surface area contributed by atoms with Crippen LogP contribution in [-0.4, -0.2) is 35.7 Å². The van der Waals surface area contributed by atoms with Crippen molar-refractivity contribution in [1.82, 2.24) is 10.2 Å². The van der Waals surface area contributed by atoms with Crippen LogP contribution in [0.5, 0.6) is 5.75 Å². The lowest BCUT2D eigenvalue weighted by Crippen LogP contribution is -2.24. The number of nitrogens with one attached hydrogen (secondary N) is 1. The summed E-state index contributed by atoms with van der Waals surface area (Å²) in [7, 11) is 1.59. The summed E-state index contributed by atoms with van der Waals surface area (Å²) in [6.45, 7) is 0.430. The summed E-state index contributed by atoms with van der Waals surface area (Å²) in [5.74, 6) is 0.459. The average molecular weight is 378 g/mol. The number of aromatic nitrogens is 2. The van der Waals surface area contributed by atoms with Crippen LogP contribution in [-0.2, 0) is 4.79 Å². The normalized spacial score (nSPS) is 16.2. The van der Waals surface area contributed by atoms with Crippen molar-refractivity contribution in [3.8, 4) is 5.75 Å². The smallest absolute Gasteiger partial charge is 0.322 e. The van der Waals surface area contributed by atoms with Crippen molar-refractivity contribution >= 4 is 23.5 Å². The van der Waals surface area contributed by atoms with Gasteiger partial charge in [-0.05, 0) is 36.4 Å². The highest BCUT2D eigenvalue weighted by molar-refractivity contribution is 6.03. The standard InChI is InChI=1S/C20H18N4O4/c1-27-16-9-7-15(8-10-16)24-12-14(11-17(24)25)19-22-23-20(28-19)21-18(26)13-5-3-2-4-6-13/h2-10,14H,11-12H2,1H3,(H,21,23,26). The van der Waals surface area contributed by atoms with E-state index >= 15 is 0 Å². The first-order valence-electron chi connectivity index (χ1n) is 8.78. The molecule has 1 atom stereocenters. The second kappa shape index (κ2) is 7.51. The summed E-state index contributed by atoms with van der Waals surface area (Å²) < 4.78 is 10.7. The van der Waals surface area contributed by atoms with E-state index in [1.54, 1.807) is 48.4 Å². The molecule has 1 aliphatic heterocycles. The topological polar surface area (TPSA) is 97.6 Å². The lowest BCUT2D eigenvalue weighted by atomic mass is 10.1. The second-order valence-electron chi connectivity index (χ2n) is 6.37. The van der Waals surface area contributed by atoms with Crippen LogP contribution in [0.25, 0.3) is 0 Å². The first-order chi connectivity index (χ1) is 13.6. The van der Waals surface area contributed by atoms with Gasteiger partial charge in [-0.15, -0.1) is 5.10 Å². The van der Waals surface area contributed by atoms with Crippen molar-refractivity contribution in [1.29, 1.82) is 0 Å². The van der Waals surface area contributed by atoms with Gasteiger partial charge in [0.15, 0.2) is 0 Å². The fraction of sp³-hybridized carbons (Fsp3) is 0.200. The van der Waals surface area contributed by atoms with E-state index in [1.165, 1.54) is 0 Å². The van der Waals surface area contributed by atoms with Gasteiger partial charge in [0.2, 0.25) is 11.8 Å². The fourth-order valence-corrected chi connectivity index (χ4v) is 3.09. The van der Waals surface area contributed by atoms with E-state index in [0.717, 1.165) is 11.4 Å². The number of benzene rings is 2. The summed E-state index contributed by atoms with van der Waals surface area (Å²) in [5.41, 5.74) is 1.27. The number of nitrogens with zero attached hydrogens (tertiary/aromatic N) is 3. The third kappa shape index (κ3) is 3.57. The molecule has 0 saturated carbocycles. The maximum atomic E-state index is 12.4. The highest BCUT2D eigenvalue weighted by Gasteiger charge is 2.35. The van der Waals surface area contributed by atoms with Crippen molar-refractivity contribution in [2.24, 2.45) is 0 Å². The SMILES string of the molecule is COc1ccc(N2CC(c3nnc(NC(=O)c4ccccc4)o3)CC2=O)cc1. The van der Waals surface area contributed by atoms with Crippen molar-refractivity contribution in [2.45, 2.75) is 12.3 Å². The number of ether oxygens (including phenoxy) is 1. The number of carbonyl (C=O) groups is 2. The maximum Gasteiger partial charge on any atom is 0.322 e. The van der Waals surface area contributed by atoms with Crippen LogP contribution in [0.3, 0.4) is 0 Å². The van der Waals surface area contributed by atoms with Crippen LogP contribution < -0.4 is 15.0 Å². The van der Waals surface area contributed by atoms with E-state index in [2.05, 4.69) is 15.5 Å². The molecule has 3 aromatic rings. The Morgan fingerprint density at radius 1 is 1.14 bits per heavy atom. The number of carbonyl (C=O) groups excluding carboxylic acids is 2. The van der Waals surface area contributed by atoms with Gasteiger partial charge < -0.3 is 14.1 Å². The Balaban J connectivity index is 1.44. The third-order valence-corrected chi connectivity index (χ3v) is 4.56. The quantitative estimate of drug-likeness (QED) is 0.733. The van der Waals surface area contributed by atoms with E-state index in [-0.39, 0.29) is 30.2 Å². The number of hydrogen-bond acceptors (Lipinski definition) is 6. The van der Waals surface area contributed by atoms with E-state index in [9.17, 15) is 9.59 Å². The highest BCUT2D eigenvalue weighted by Crippen LogP contribution is 2.32. The monoisotopic (exact) mass is 378 g/mol. The van der Waals surface area contributed by atoms with Crippen LogP contribution in [0, 0.1) is 0 Å². The first kappa shape index (κ1) is 17.7. The molecule has 0 aliphatic carbocycles. The zero-order valence-corrected chi connectivity index (χ0v) is 15.2. The van der Waals surface area contributed by atoms with E-state index in [4.69, 9.17) is 9.15 Å². The summed E-state index contributed by atoms with van der Waals surface area (Å²) >= 11 is 0. The molecule has 0 spiro atoms. The van der Waals surface area contributed by atoms with E-state index in [0.29, 0.717) is 18.0 Å². The van der Waals surface area contributed by atoms with Gasteiger partial charge in [-0.25, -0.2) is 0 Å². The van der Waals surface area contributed by atoms with Crippen LogP contribution >= 0.6 is 0 Å². The molecule has 1 unspecified atom stereocenters. The minimum atomic E-state index is -0.335. The van der Waals surface area contributed by atoms with E-state index < -0.39 is 0 Å². The average Bonchev–Trinajstić information content (AvgIpc) is 3.35. The number of amides is 2. The van der Waals surface area contributed by atoms with Crippen molar-refractivity contribution in [3.63, 3.8) is 0 Å². The second-order valence-corrected chi connectivity index (χ2v) is 6.37. The van der Waals surface area contributed by atoms with Gasteiger partial charge in [0, 0.05) is 24.2 Å². The largest absolute Gasteiger partial charge is 0.497 e. The van der Waals surface area contributed by atoms with E-state index in [1.807, 2.05) is 18.2 Å². The number of hydrogen-bond donors (Lipinski definition) is 1. The molecule has 0 radical (unpaired) electrons. The molecule has 8 heteroatoms. The van der Waals surface area contributed by atoms with Crippen molar-refractivity contribution < 1.29 is 18.7 Å². The van der Waals surface area contributed by atoms with Gasteiger partial charge in [-0.1, -0.05) is 23.3 Å². The maximum absolute atomic E-state index is 12.4. The van der Waals surface area contributed by atoms with Crippen molar-refractivity contribution in [2.75, 3.05) is 23.9 Å². The Hall–Kier alpha value is -3.68. The van der Waals surface area contributed by atoms with Crippen LogP contribution in [0.4, 0.5) is 11.7 Å². The predicted molar refractivity (Wildman–Crippen MR) is 101 cm³/mol. The molecule has 0 bridgehead atoms. The molecule has 2 aromatic carbocycles. The molecule has 2 heterocycles. The summed E-state index contributed by atoms with van der Waals surface area (Å²) in [5, 5.41) is 10.5. The minimum Gasteiger partial charge on any atom is -0.497 e. The van der Waals surface area contributed by atoms with Gasteiger partial charge in [0.05, 0.1) is 13.0 Å². The number of anilines is 2. The van der Waals surface area contributed by atoms with Crippen molar-refractivity contribution in [3.05, 3.63) is 66.1 Å². The van der Waals surface area contributed by atoms with Gasteiger partial charge >= 0.3 is 6.01 Å². The number of rotatable bonds is 5. The fourth-order valence-electron chi connectivity index (χ4n) is 3.09. The molecule has 1 fully saturated rings. The van der Waals surface area contributed by atoms with Gasteiger partial charge in [0.1, 0.15) is 5.75 Å². The molecule has 4 rings (SSSR count). The third-order valence-electron chi connectivity index (χ3n) is 4.56. The molecule has 142 valence electrons. The number of methoxy groups -OCH3 is 1. The predicted octanol–water partition coefficient (Wildman–Crippen LogP) is 2.85. The Labute approximate surface area is 161 Å². The molecule has 1 aliphatic rings. The van der Waals surface area contributed by atoms with Crippen LogP contribution in [0.15, 0.2) is 59.0 Å². The zero-order valence-electron chi connectivity index (χ0n) is 15.2. The van der Waals surface area contributed by atoms with Gasteiger partial charge in [-0.3, -0.25) is 14.9 Å². The Morgan fingerprint density at radius 3 is 2.61 bits per heavy atom. The van der Waals surface area contributed by atoms with Crippen LogP contribution in [0.1, 0.15) is 28.6 Å². The minimum absolute atomic E-state index is 0.0131. The molecule has 8 nitrogen and oxygen atoms in total. The molecule has 28 heavy (non-hydrogen) atoms. The van der Waals surface area contributed by atoms with Gasteiger partial charge in [0.25, 0.3) is 5.91 Å². The molecular formula is C20H18N4O4. The Kier molecular flexibility index (Phi) is 4.76. The summed E-state index contributed by atoms with van der Waals surface area (Å²) in [6.07, 6.45) is 0.264. The Bertz CT molecular complexity index is 985. The van der Waals surface area contributed by atoms with Gasteiger partial charge in [-0.2, -0.15) is 0 Å². The molecule has 1 saturated heterocycles. The lowest BCUT2D eigenvalue weighted by Gasteiger charge is -2.16. The first-order valence-corrected chi connectivity index (χ1v) is 8.78. The molecule has 2 amide bonds. The summed E-state index contributed by atoms with van der Waals surface area (Å²) in [4.78, 5) is 26.3.